The van der Waals surface area contributed by atoms with Crippen molar-refractivity contribution in [2.75, 3.05) is 25.1 Å². The van der Waals surface area contributed by atoms with Crippen LogP contribution < -0.4 is 13.8 Å². The highest BCUT2D eigenvalue weighted by Gasteiger charge is 2.29. The summed E-state index contributed by atoms with van der Waals surface area (Å²) in [5, 5.41) is 0.315. The van der Waals surface area contributed by atoms with Gasteiger partial charge in [0.2, 0.25) is 0 Å². The van der Waals surface area contributed by atoms with Crippen LogP contribution in [0.1, 0.15) is 24.0 Å². The Balaban J connectivity index is 1.81. The van der Waals surface area contributed by atoms with Crippen molar-refractivity contribution in [3.8, 4) is 11.5 Å². The average Bonchev–Trinajstić information content (AvgIpc) is 2.92. The van der Waals surface area contributed by atoms with Crippen molar-refractivity contribution in [2.24, 2.45) is 10.9 Å². The van der Waals surface area contributed by atoms with E-state index in [1.165, 1.54) is 48.9 Å². The van der Waals surface area contributed by atoms with E-state index in [0.29, 0.717) is 29.2 Å². The Morgan fingerprint density at radius 2 is 1.76 bits per heavy atom. The monoisotopic (exact) mass is 560 g/mol. The first-order valence-corrected chi connectivity index (χ1v) is 13.7. The smallest absolute Gasteiger partial charge is 0.264 e. The molecule has 0 saturated carbocycles. The highest BCUT2D eigenvalue weighted by Crippen LogP contribution is 2.36. The third-order valence-corrected chi connectivity index (χ3v) is 8.39. The zero-order chi connectivity index (χ0) is 27.3. The van der Waals surface area contributed by atoms with E-state index >= 15 is 0 Å². The molecule has 6 nitrogen and oxygen atoms in total. The van der Waals surface area contributed by atoms with Crippen LogP contribution in [0.2, 0.25) is 5.02 Å². The summed E-state index contributed by atoms with van der Waals surface area (Å²) in [7, 11) is -1.27. The van der Waals surface area contributed by atoms with Gasteiger partial charge in [-0.2, -0.15) is 0 Å². The quantitative estimate of drug-likeness (QED) is 0.287. The summed E-state index contributed by atoms with van der Waals surface area (Å²) in [4.78, 5) is 4.06. The molecule has 0 saturated heterocycles. The molecule has 0 bridgehead atoms. The summed E-state index contributed by atoms with van der Waals surface area (Å²) in [6.07, 6.45) is 6.38. The lowest BCUT2D eigenvalue weighted by Crippen LogP contribution is -2.34. The number of benzene rings is 3. The van der Waals surface area contributed by atoms with Crippen LogP contribution in [0.25, 0.3) is 0 Å². The first kappa shape index (κ1) is 27.6. The number of halogens is 3. The number of ether oxygens (including phenoxy) is 2. The molecule has 0 N–H and O–H groups in total. The van der Waals surface area contributed by atoms with Gasteiger partial charge in [-0.25, -0.2) is 17.2 Å². The van der Waals surface area contributed by atoms with Crippen LogP contribution in [-0.4, -0.2) is 35.4 Å². The van der Waals surface area contributed by atoms with E-state index in [4.69, 9.17) is 21.1 Å². The molecule has 1 aliphatic heterocycles. The molecule has 3 aromatic carbocycles. The largest absolute Gasteiger partial charge is 0.493 e. The molecule has 10 heteroatoms. The predicted octanol–water partition coefficient (Wildman–Crippen LogP) is 6.42. The third kappa shape index (κ3) is 6.00. The summed E-state index contributed by atoms with van der Waals surface area (Å²) in [5.41, 5.74) is 0.470. The van der Waals surface area contributed by atoms with E-state index in [0.717, 1.165) is 12.1 Å². The fourth-order valence-electron chi connectivity index (χ4n) is 4.31. The summed E-state index contributed by atoms with van der Waals surface area (Å²) in [5.74, 6) is -0.736. The Bertz CT molecular complexity index is 1460. The van der Waals surface area contributed by atoms with E-state index in [-0.39, 0.29) is 40.8 Å². The van der Waals surface area contributed by atoms with Crippen LogP contribution >= 0.6 is 11.6 Å². The molecule has 0 fully saturated rings. The summed E-state index contributed by atoms with van der Waals surface area (Å²) in [6, 6.07) is 12.6. The van der Waals surface area contributed by atoms with Gasteiger partial charge in [0.25, 0.3) is 10.0 Å². The van der Waals surface area contributed by atoms with Gasteiger partial charge in [-0.05, 0) is 66.8 Å². The first-order valence-electron chi connectivity index (χ1n) is 11.9. The Kier molecular flexibility index (Phi) is 8.69. The Morgan fingerprint density at radius 3 is 2.42 bits per heavy atom. The molecule has 1 atom stereocenters. The normalized spacial score (nSPS) is 14.9. The van der Waals surface area contributed by atoms with Crippen molar-refractivity contribution in [3.63, 3.8) is 0 Å². The van der Waals surface area contributed by atoms with Crippen LogP contribution in [0.4, 0.5) is 14.5 Å². The molecule has 0 radical (unpaired) electrons. The maximum atomic E-state index is 14.6. The Labute approximate surface area is 226 Å². The molecular formula is C28H27ClF2N2O4S. The Hall–Kier alpha value is -3.43. The average molecular weight is 561 g/mol. The second-order valence-electron chi connectivity index (χ2n) is 8.70. The van der Waals surface area contributed by atoms with Crippen molar-refractivity contribution >= 4 is 33.5 Å². The zero-order valence-corrected chi connectivity index (χ0v) is 22.5. The van der Waals surface area contributed by atoms with Crippen molar-refractivity contribution in [3.05, 3.63) is 94.7 Å². The van der Waals surface area contributed by atoms with Crippen LogP contribution in [0, 0.1) is 17.6 Å². The van der Waals surface area contributed by atoms with Gasteiger partial charge < -0.3 is 9.47 Å². The zero-order valence-electron chi connectivity index (χ0n) is 20.9. The third-order valence-electron chi connectivity index (χ3n) is 6.34. The van der Waals surface area contributed by atoms with Gasteiger partial charge in [0, 0.05) is 42.0 Å². The van der Waals surface area contributed by atoms with E-state index < -0.39 is 21.7 Å². The molecule has 200 valence electrons. The van der Waals surface area contributed by atoms with Gasteiger partial charge in [-0.3, -0.25) is 9.30 Å². The summed E-state index contributed by atoms with van der Waals surface area (Å²) in [6.45, 7) is 0.105. The summed E-state index contributed by atoms with van der Waals surface area (Å²) >= 11 is 6.26. The minimum absolute atomic E-state index is 0.0196. The van der Waals surface area contributed by atoms with Crippen LogP contribution in [0.5, 0.6) is 11.5 Å². The lowest BCUT2D eigenvalue weighted by atomic mass is 10.00. The van der Waals surface area contributed by atoms with E-state index in [2.05, 4.69) is 4.99 Å². The van der Waals surface area contributed by atoms with E-state index in [9.17, 15) is 17.2 Å². The molecule has 1 heterocycles. The fraction of sp³-hybridized carbons (Fsp3) is 0.250. The van der Waals surface area contributed by atoms with Crippen LogP contribution in [0.15, 0.2) is 76.8 Å². The molecule has 38 heavy (non-hydrogen) atoms. The fourth-order valence-corrected chi connectivity index (χ4v) is 6.04. The molecule has 1 aliphatic rings. The SMILES string of the molecule is COc1ccc(S(=O)(=O)N(CCC2C=CN=CC2)c2ccc(Cl)cc2Cc2c(F)cccc2F)cc1OC. The number of aliphatic imine (C=N–C) groups is 1. The molecule has 0 amide bonds. The number of sulfonamides is 1. The standard InChI is InChI=1S/C28H27ClF2N2O4S/c1-36-27-9-7-22(18-28(27)37-2)38(34,35)33(15-12-19-10-13-32-14-11-19)26-8-6-21(29)16-20(26)17-23-24(30)4-3-5-25(23)31/h3-10,13-14,16,18-19H,11-12,15,17H2,1-2H3. The predicted molar refractivity (Wildman–Crippen MR) is 145 cm³/mol. The van der Waals surface area contributed by atoms with Crippen molar-refractivity contribution in [1.29, 1.82) is 0 Å². The van der Waals surface area contributed by atoms with Gasteiger partial charge in [-0.1, -0.05) is 23.7 Å². The molecular weight excluding hydrogens is 534 g/mol. The van der Waals surface area contributed by atoms with Crippen LogP contribution in [0.3, 0.4) is 0 Å². The maximum absolute atomic E-state index is 14.6. The van der Waals surface area contributed by atoms with Crippen molar-refractivity contribution < 1.29 is 26.7 Å². The number of nitrogens with zero attached hydrogens (tertiary/aromatic N) is 2. The number of anilines is 1. The van der Waals surface area contributed by atoms with Crippen LogP contribution in [-0.2, 0) is 16.4 Å². The second kappa shape index (κ2) is 12.0. The molecule has 0 aromatic heterocycles. The van der Waals surface area contributed by atoms with Crippen molar-refractivity contribution in [1.82, 2.24) is 0 Å². The van der Waals surface area contributed by atoms with Gasteiger partial charge in [0.05, 0.1) is 24.8 Å². The van der Waals surface area contributed by atoms with E-state index in [1.807, 2.05) is 6.08 Å². The highest BCUT2D eigenvalue weighted by molar-refractivity contribution is 7.92. The van der Waals surface area contributed by atoms with Gasteiger partial charge in [0.1, 0.15) is 11.6 Å². The number of allylic oxidation sites excluding steroid dienone is 1. The second-order valence-corrected chi connectivity index (χ2v) is 11.0. The topological polar surface area (TPSA) is 68.2 Å². The number of methoxy groups -OCH3 is 2. The number of rotatable bonds is 10. The Morgan fingerprint density at radius 1 is 1.03 bits per heavy atom. The highest BCUT2D eigenvalue weighted by atomic mass is 35.5. The molecule has 0 spiro atoms. The molecule has 3 aromatic rings. The lowest BCUT2D eigenvalue weighted by Gasteiger charge is -2.28. The summed E-state index contributed by atoms with van der Waals surface area (Å²) < 4.78 is 69.2. The first-order chi connectivity index (χ1) is 18.2. The van der Waals surface area contributed by atoms with Gasteiger partial charge in [0.15, 0.2) is 11.5 Å². The molecule has 4 rings (SSSR count). The van der Waals surface area contributed by atoms with Gasteiger partial charge in [-0.15, -0.1) is 0 Å². The minimum Gasteiger partial charge on any atom is -0.493 e. The number of hydrogen-bond acceptors (Lipinski definition) is 5. The molecule has 0 aliphatic carbocycles. The minimum atomic E-state index is -4.15. The van der Waals surface area contributed by atoms with Crippen molar-refractivity contribution in [2.45, 2.75) is 24.2 Å². The maximum Gasteiger partial charge on any atom is 0.264 e. The number of hydrogen-bond donors (Lipinski definition) is 0. The van der Waals surface area contributed by atoms with Gasteiger partial charge >= 0.3 is 0 Å². The lowest BCUT2D eigenvalue weighted by molar-refractivity contribution is 0.354. The molecule has 1 unspecified atom stereocenters. The van der Waals surface area contributed by atoms with E-state index in [1.54, 1.807) is 24.5 Å².